The molecule has 49 heavy (non-hydrogen) atoms. The number of nitro benzene ring substituents is 2. The van der Waals surface area contributed by atoms with Crippen molar-refractivity contribution in [1.29, 1.82) is 0 Å². The molecule has 2 heterocycles. The fraction of sp³-hybridized carbons (Fsp3) is 0.436. The zero-order valence-electron chi connectivity index (χ0n) is 30.3. The van der Waals surface area contributed by atoms with Gasteiger partial charge in [-0.25, -0.2) is 0 Å². The lowest BCUT2D eigenvalue weighted by molar-refractivity contribution is -0.385. The minimum absolute atomic E-state index is 0.00479. The number of aryl methyl sites for hydroxylation is 4. The van der Waals surface area contributed by atoms with Crippen LogP contribution in [0.4, 0.5) is 11.4 Å². The molecule has 2 aromatic carbocycles. The molecule has 0 atom stereocenters. The number of non-ortho nitro benzene ring substituents is 2. The fourth-order valence-electron chi connectivity index (χ4n) is 5.37. The first-order chi connectivity index (χ1) is 22.7. The molecule has 0 aliphatic heterocycles. The highest BCUT2D eigenvalue weighted by Crippen LogP contribution is 2.37. The van der Waals surface area contributed by atoms with Gasteiger partial charge < -0.3 is 0 Å². The highest BCUT2D eigenvalue weighted by atomic mass is 16.6. The van der Waals surface area contributed by atoms with E-state index in [4.69, 9.17) is 0 Å². The van der Waals surface area contributed by atoms with Gasteiger partial charge in [-0.3, -0.25) is 29.6 Å². The second kappa shape index (κ2) is 14.1. The van der Waals surface area contributed by atoms with E-state index in [2.05, 4.69) is 47.7 Å². The van der Waals surface area contributed by atoms with Crippen molar-refractivity contribution in [2.75, 3.05) is 0 Å². The Morgan fingerprint density at radius 1 is 0.653 bits per heavy atom. The van der Waals surface area contributed by atoms with Crippen molar-refractivity contribution in [3.8, 4) is 46.2 Å². The predicted molar refractivity (Wildman–Crippen MR) is 194 cm³/mol. The summed E-state index contributed by atoms with van der Waals surface area (Å²) in [6, 6.07) is 9.95. The number of rotatable bonds is 10. The highest BCUT2D eigenvalue weighted by molar-refractivity contribution is 5.73. The molecule has 0 radical (unpaired) electrons. The van der Waals surface area contributed by atoms with Gasteiger partial charge in [0.2, 0.25) is 0 Å². The van der Waals surface area contributed by atoms with E-state index in [0.717, 1.165) is 35.1 Å². The summed E-state index contributed by atoms with van der Waals surface area (Å²) in [4.78, 5) is 22.8. The smallest absolute Gasteiger partial charge is 0.270 e. The summed E-state index contributed by atoms with van der Waals surface area (Å²) >= 11 is 0. The number of aromatic nitrogens is 4. The molecule has 0 spiro atoms. The maximum absolute atomic E-state index is 11.8. The normalized spacial score (nSPS) is 11.8. The summed E-state index contributed by atoms with van der Waals surface area (Å²) in [6.45, 7) is 16.6. The molecule has 4 aromatic rings. The molecule has 256 valence electrons. The van der Waals surface area contributed by atoms with Crippen LogP contribution in [-0.4, -0.2) is 29.4 Å². The molecule has 0 saturated heterocycles. The molecule has 0 N–H and O–H groups in total. The molecule has 4 rings (SSSR count). The molecular weight excluding hydrogens is 616 g/mol. The third kappa shape index (κ3) is 9.90. The second-order valence-electron chi connectivity index (χ2n) is 15.5. The summed E-state index contributed by atoms with van der Waals surface area (Å²) in [5.74, 6) is 13.0. The summed E-state index contributed by atoms with van der Waals surface area (Å²) in [7, 11) is 3.65. The van der Waals surface area contributed by atoms with Gasteiger partial charge in [0, 0.05) is 72.7 Å². The Bertz CT molecular complexity index is 1870. The van der Waals surface area contributed by atoms with Crippen LogP contribution in [0.3, 0.4) is 0 Å². The van der Waals surface area contributed by atoms with Crippen LogP contribution in [0.15, 0.2) is 48.8 Å². The molecular formula is C39H46N6O4. The molecule has 0 unspecified atom stereocenters. The molecule has 2 aromatic heterocycles. The molecule has 0 amide bonds. The lowest BCUT2D eigenvalue weighted by Crippen LogP contribution is -2.14. The summed E-state index contributed by atoms with van der Waals surface area (Å²) in [5, 5.41) is 32.9. The Kier molecular flexibility index (Phi) is 10.5. The SMILES string of the molecule is Cn1cc(C#CC(C)(C)C)c(-c2cc([N+](=O)[O-])ccc2CCC(C)(C)CCc2ccc([N+](=O)[O-])cc2-c2nn(C)cc2C#CC(C)(C)C)n1. The monoisotopic (exact) mass is 662 g/mol. The summed E-state index contributed by atoms with van der Waals surface area (Å²) in [6.07, 6.45) is 6.63. The molecule has 0 saturated carbocycles. The van der Waals surface area contributed by atoms with Crippen LogP contribution in [0.1, 0.15) is 90.5 Å². The number of hydrogen-bond donors (Lipinski definition) is 0. The quantitative estimate of drug-likeness (QED) is 0.0951. The first-order valence-corrected chi connectivity index (χ1v) is 16.4. The van der Waals surface area contributed by atoms with Crippen molar-refractivity contribution in [1.82, 2.24) is 19.6 Å². The van der Waals surface area contributed by atoms with Crippen molar-refractivity contribution in [3.63, 3.8) is 0 Å². The average molecular weight is 663 g/mol. The van der Waals surface area contributed by atoms with Crippen molar-refractivity contribution >= 4 is 11.4 Å². The lowest BCUT2D eigenvalue weighted by atomic mass is 9.79. The standard InChI is InChI=1S/C39H46N6O4/c1-37(2,3)19-15-29-25-42(9)40-35(29)33-23-31(44(46)47)13-11-27(33)17-21-39(7,8)22-18-28-12-14-32(45(48)49)24-34(28)36-30(26-43(10)41-36)16-20-38(4,5)6/h11-14,23-26H,17-18,21-22H2,1-10H3. The molecule has 0 aliphatic carbocycles. The zero-order chi connectivity index (χ0) is 36.3. The first kappa shape index (κ1) is 36.6. The van der Waals surface area contributed by atoms with E-state index < -0.39 is 0 Å². The maximum Gasteiger partial charge on any atom is 0.270 e. The van der Waals surface area contributed by atoms with Crippen LogP contribution in [0.2, 0.25) is 0 Å². The third-order valence-corrected chi connectivity index (χ3v) is 8.06. The number of hydrogen-bond acceptors (Lipinski definition) is 6. The van der Waals surface area contributed by atoms with E-state index >= 15 is 0 Å². The second-order valence-corrected chi connectivity index (χ2v) is 15.5. The van der Waals surface area contributed by atoms with E-state index in [1.54, 1.807) is 33.6 Å². The van der Waals surface area contributed by atoms with Crippen molar-refractivity contribution < 1.29 is 9.85 Å². The molecule has 10 nitrogen and oxygen atoms in total. The highest BCUT2D eigenvalue weighted by Gasteiger charge is 2.24. The van der Waals surface area contributed by atoms with Gasteiger partial charge in [0.1, 0.15) is 11.4 Å². The zero-order valence-corrected chi connectivity index (χ0v) is 30.3. The van der Waals surface area contributed by atoms with E-state index in [1.807, 2.05) is 80.2 Å². The Balaban J connectivity index is 1.64. The van der Waals surface area contributed by atoms with Crippen LogP contribution >= 0.6 is 0 Å². The Labute approximate surface area is 289 Å². The third-order valence-electron chi connectivity index (χ3n) is 8.06. The van der Waals surface area contributed by atoms with Gasteiger partial charge in [-0.15, -0.1) is 0 Å². The van der Waals surface area contributed by atoms with E-state index in [1.165, 1.54) is 0 Å². The predicted octanol–water partition coefficient (Wildman–Crippen LogP) is 8.69. The Morgan fingerprint density at radius 2 is 1.02 bits per heavy atom. The van der Waals surface area contributed by atoms with Crippen molar-refractivity contribution in [2.24, 2.45) is 30.3 Å². The van der Waals surface area contributed by atoms with Crippen LogP contribution in [0, 0.1) is 60.2 Å². The van der Waals surface area contributed by atoms with Crippen LogP contribution in [0.25, 0.3) is 22.5 Å². The van der Waals surface area contributed by atoms with Gasteiger partial charge in [-0.1, -0.05) is 49.7 Å². The Hall–Kier alpha value is -5.22. The molecule has 0 aliphatic rings. The number of nitro groups is 2. The first-order valence-electron chi connectivity index (χ1n) is 16.4. The minimum Gasteiger partial charge on any atom is -0.274 e. The Morgan fingerprint density at radius 3 is 1.35 bits per heavy atom. The largest absolute Gasteiger partial charge is 0.274 e. The number of nitrogens with zero attached hydrogens (tertiary/aromatic N) is 6. The minimum atomic E-state index is -0.385. The van der Waals surface area contributed by atoms with Gasteiger partial charge >= 0.3 is 0 Å². The van der Waals surface area contributed by atoms with Crippen LogP contribution in [0.5, 0.6) is 0 Å². The molecule has 0 bridgehead atoms. The number of benzene rings is 2. The fourth-order valence-corrected chi connectivity index (χ4v) is 5.37. The van der Waals surface area contributed by atoms with E-state index in [-0.39, 0.29) is 37.5 Å². The van der Waals surface area contributed by atoms with E-state index in [0.29, 0.717) is 35.4 Å². The van der Waals surface area contributed by atoms with Gasteiger partial charge in [-0.2, -0.15) is 10.2 Å². The maximum atomic E-state index is 11.8. The lowest BCUT2D eigenvalue weighted by Gasteiger charge is -2.25. The van der Waals surface area contributed by atoms with Gasteiger partial charge in [-0.05, 0) is 83.8 Å². The molecule has 10 heteroatoms. The topological polar surface area (TPSA) is 122 Å². The van der Waals surface area contributed by atoms with Crippen LogP contribution < -0.4 is 0 Å². The van der Waals surface area contributed by atoms with E-state index in [9.17, 15) is 20.2 Å². The van der Waals surface area contributed by atoms with Crippen LogP contribution in [-0.2, 0) is 26.9 Å². The van der Waals surface area contributed by atoms with Crippen molar-refractivity contribution in [3.05, 3.63) is 91.3 Å². The summed E-state index contributed by atoms with van der Waals surface area (Å²) in [5.41, 5.74) is 5.49. The average Bonchev–Trinajstić information content (AvgIpc) is 3.57. The van der Waals surface area contributed by atoms with Gasteiger partial charge in [0.15, 0.2) is 0 Å². The van der Waals surface area contributed by atoms with Gasteiger partial charge in [0.25, 0.3) is 11.4 Å². The summed E-state index contributed by atoms with van der Waals surface area (Å²) < 4.78 is 3.39. The van der Waals surface area contributed by atoms with Gasteiger partial charge in [0.05, 0.1) is 21.0 Å². The van der Waals surface area contributed by atoms with Crippen molar-refractivity contribution in [2.45, 2.75) is 81.1 Å². The molecule has 0 fully saturated rings.